The van der Waals surface area contributed by atoms with Gasteiger partial charge in [0.1, 0.15) is 5.82 Å². The van der Waals surface area contributed by atoms with Gasteiger partial charge in [-0.3, -0.25) is 4.98 Å². The largest absolute Gasteiger partial charge is 0.368 e. The molecule has 0 fully saturated rings. The van der Waals surface area contributed by atoms with E-state index >= 15 is 0 Å². The number of thiophene rings is 1. The number of nitrogens with zero attached hydrogens (tertiary/aromatic N) is 3. The van der Waals surface area contributed by atoms with Crippen LogP contribution in [0, 0.1) is 5.92 Å². The zero-order valence-corrected chi connectivity index (χ0v) is 18.8. The fraction of sp³-hybridized carbons (Fsp3) is 0.320. The van der Waals surface area contributed by atoms with E-state index in [0.29, 0.717) is 5.92 Å². The molecule has 3 heterocycles. The molecule has 1 atom stereocenters. The van der Waals surface area contributed by atoms with Crippen LogP contribution in [0.4, 0.5) is 5.82 Å². The first-order chi connectivity index (χ1) is 14.4. The van der Waals surface area contributed by atoms with Crippen molar-refractivity contribution in [2.45, 2.75) is 39.5 Å². The average Bonchev–Trinajstić information content (AvgIpc) is 3.18. The Morgan fingerprint density at radius 1 is 1.00 bits per heavy atom. The van der Waals surface area contributed by atoms with Gasteiger partial charge in [0.25, 0.3) is 0 Å². The van der Waals surface area contributed by atoms with E-state index in [2.05, 4.69) is 74.4 Å². The van der Waals surface area contributed by atoms with E-state index < -0.39 is 0 Å². The summed E-state index contributed by atoms with van der Waals surface area (Å²) in [6.45, 7) is 9.86. The van der Waals surface area contributed by atoms with Crippen LogP contribution in [0.3, 0.4) is 0 Å². The van der Waals surface area contributed by atoms with E-state index in [-0.39, 0.29) is 5.41 Å². The van der Waals surface area contributed by atoms with Gasteiger partial charge in [-0.2, -0.15) is 0 Å². The van der Waals surface area contributed by atoms with Crippen molar-refractivity contribution in [2.75, 3.05) is 11.9 Å². The minimum absolute atomic E-state index is 0.0834. The molecule has 154 valence electrons. The maximum atomic E-state index is 4.91. The topological polar surface area (TPSA) is 50.7 Å². The Bertz CT molecular complexity index is 1110. The van der Waals surface area contributed by atoms with Gasteiger partial charge in [-0.15, -0.1) is 11.3 Å². The third-order valence-electron chi connectivity index (χ3n) is 5.09. The van der Waals surface area contributed by atoms with Gasteiger partial charge < -0.3 is 5.32 Å². The highest BCUT2D eigenvalue weighted by Gasteiger charge is 2.20. The van der Waals surface area contributed by atoms with Crippen molar-refractivity contribution < 1.29 is 0 Å². The smallest absolute Gasteiger partial charge is 0.162 e. The van der Waals surface area contributed by atoms with Crippen LogP contribution < -0.4 is 5.32 Å². The van der Waals surface area contributed by atoms with E-state index in [4.69, 9.17) is 9.97 Å². The third kappa shape index (κ3) is 4.68. The lowest BCUT2D eigenvalue weighted by atomic mass is 9.95. The fourth-order valence-electron chi connectivity index (χ4n) is 3.41. The van der Waals surface area contributed by atoms with Crippen molar-refractivity contribution in [1.82, 2.24) is 15.0 Å². The van der Waals surface area contributed by atoms with Gasteiger partial charge >= 0.3 is 0 Å². The zero-order chi connectivity index (χ0) is 21.1. The van der Waals surface area contributed by atoms with Crippen LogP contribution in [0.1, 0.15) is 38.1 Å². The summed E-state index contributed by atoms with van der Waals surface area (Å²) in [5.41, 5.74) is 3.43. The molecule has 1 aromatic carbocycles. The van der Waals surface area contributed by atoms with Gasteiger partial charge in [0.05, 0.1) is 10.2 Å². The van der Waals surface area contributed by atoms with Crippen LogP contribution in [-0.2, 0) is 11.8 Å². The van der Waals surface area contributed by atoms with Crippen molar-refractivity contribution in [3.8, 4) is 11.4 Å². The number of rotatable bonds is 6. The first kappa shape index (κ1) is 20.5. The molecule has 4 aromatic rings. The molecule has 5 heteroatoms. The second-order valence-corrected chi connectivity index (χ2v) is 9.93. The first-order valence-corrected chi connectivity index (χ1v) is 11.2. The molecule has 0 spiro atoms. The van der Waals surface area contributed by atoms with Crippen LogP contribution in [-0.4, -0.2) is 21.5 Å². The molecule has 3 aromatic heterocycles. The molecule has 0 radical (unpaired) electrons. The molecule has 0 aliphatic heterocycles. The highest BCUT2D eigenvalue weighted by atomic mass is 32.1. The fourth-order valence-corrected chi connectivity index (χ4v) is 4.53. The van der Waals surface area contributed by atoms with Gasteiger partial charge in [-0.1, -0.05) is 58.0 Å². The van der Waals surface area contributed by atoms with Gasteiger partial charge in [0, 0.05) is 29.4 Å². The quantitative estimate of drug-likeness (QED) is 0.398. The summed E-state index contributed by atoms with van der Waals surface area (Å²) < 4.78 is 1.13. The molecule has 1 N–H and O–H groups in total. The summed E-state index contributed by atoms with van der Waals surface area (Å²) in [6, 6.07) is 16.8. The summed E-state index contributed by atoms with van der Waals surface area (Å²) in [5.74, 6) is 2.15. The molecule has 1 unspecified atom stereocenters. The second-order valence-electron chi connectivity index (χ2n) is 8.88. The van der Waals surface area contributed by atoms with E-state index in [0.717, 1.165) is 40.4 Å². The number of pyridine rings is 1. The number of hydrogen-bond acceptors (Lipinski definition) is 5. The molecule has 0 aliphatic carbocycles. The van der Waals surface area contributed by atoms with Crippen molar-refractivity contribution in [1.29, 1.82) is 0 Å². The van der Waals surface area contributed by atoms with E-state index in [1.54, 1.807) is 23.7 Å². The summed E-state index contributed by atoms with van der Waals surface area (Å²) in [5, 5.41) is 3.63. The van der Waals surface area contributed by atoms with Crippen LogP contribution in [0.2, 0.25) is 0 Å². The first-order valence-electron chi connectivity index (χ1n) is 10.4. The number of fused-ring (bicyclic) bond motifs is 1. The second kappa shape index (κ2) is 8.52. The SMILES string of the molecule is CC(CNc1nc(-c2ccncc2)nc2cc(C(C)(C)C)sc12)Cc1ccccc1. The third-order valence-corrected chi connectivity index (χ3v) is 6.65. The Morgan fingerprint density at radius 2 is 1.73 bits per heavy atom. The molecule has 30 heavy (non-hydrogen) atoms. The lowest BCUT2D eigenvalue weighted by molar-refractivity contribution is 0.604. The minimum Gasteiger partial charge on any atom is -0.368 e. The summed E-state index contributed by atoms with van der Waals surface area (Å²) in [7, 11) is 0. The average molecular weight is 417 g/mol. The lowest BCUT2D eigenvalue weighted by Gasteiger charge is -2.15. The van der Waals surface area contributed by atoms with Crippen molar-refractivity contribution in [2.24, 2.45) is 5.92 Å². The predicted octanol–water partition coefficient (Wildman–Crippen LogP) is 6.34. The Kier molecular flexibility index (Phi) is 5.82. The molecular weight excluding hydrogens is 388 g/mol. The Hall–Kier alpha value is -2.79. The van der Waals surface area contributed by atoms with Crippen LogP contribution in [0.25, 0.3) is 21.6 Å². The van der Waals surface area contributed by atoms with E-state index in [1.807, 2.05) is 12.1 Å². The standard InChI is InChI=1S/C25H28N4S/c1-17(14-18-8-6-5-7-9-18)16-27-24-22-20(15-21(30-22)25(2,3)4)28-23(29-24)19-10-12-26-13-11-19/h5-13,15,17H,14,16H2,1-4H3,(H,27,28,29). The van der Waals surface area contributed by atoms with E-state index in [9.17, 15) is 0 Å². The Balaban J connectivity index is 1.65. The summed E-state index contributed by atoms with van der Waals surface area (Å²) in [4.78, 5) is 15.2. The number of aromatic nitrogens is 3. The molecule has 0 amide bonds. The van der Waals surface area contributed by atoms with Gasteiger partial charge in [0.15, 0.2) is 5.82 Å². The molecular formula is C25H28N4S. The van der Waals surface area contributed by atoms with Crippen LogP contribution >= 0.6 is 11.3 Å². The predicted molar refractivity (Wildman–Crippen MR) is 127 cm³/mol. The zero-order valence-electron chi connectivity index (χ0n) is 18.0. The number of nitrogens with one attached hydrogen (secondary N) is 1. The van der Waals surface area contributed by atoms with Crippen LogP contribution in [0.5, 0.6) is 0 Å². The Labute approximate surface area is 182 Å². The van der Waals surface area contributed by atoms with Crippen molar-refractivity contribution in [3.05, 3.63) is 71.4 Å². The van der Waals surface area contributed by atoms with Gasteiger partial charge in [0.2, 0.25) is 0 Å². The van der Waals surface area contributed by atoms with Crippen molar-refractivity contribution >= 4 is 27.4 Å². The molecule has 0 bridgehead atoms. The molecule has 0 saturated carbocycles. The minimum atomic E-state index is 0.0834. The lowest BCUT2D eigenvalue weighted by Crippen LogP contribution is -2.14. The summed E-state index contributed by atoms with van der Waals surface area (Å²) >= 11 is 1.79. The summed E-state index contributed by atoms with van der Waals surface area (Å²) in [6.07, 6.45) is 4.61. The van der Waals surface area contributed by atoms with Crippen molar-refractivity contribution in [3.63, 3.8) is 0 Å². The molecule has 0 aliphatic rings. The number of benzene rings is 1. The van der Waals surface area contributed by atoms with E-state index in [1.165, 1.54) is 10.4 Å². The molecule has 4 rings (SSSR count). The monoisotopic (exact) mass is 416 g/mol. The van der Waals surface area contributed by atoms with Gasteiger partial charge in [-0.25, -0.2) is 9.97 Å². The number of anilines is 1. The number of hydrogen-bond donors (Lipinski definition) is 1. The highest BCUT2D eigenvalue weighted by Crippen LogP contribution is 2.37. The van der Waals surface area contributed by atoms with Gasteiger partial charge in [-0.05, 0) is 41.5 Å². The maximum absolute atomic E-state index is 4.91. The van der Waals surface area contributed by atoms with Crippen LogP contribution in [0.15, 0.2) is 60.9 Å². The maximum Gasteiger partial charge on any atom is 0.162 e. The highest BCUT2D eigenvalue weighted by molar-refractivity contribution is 7.19. The molecule has 4 nitrogen and oxygen atoms in total. The normalized spacial score (nSPS) is 12.8. The molecule has 0 saturated heterocycles. The Morgan fingerprint density at radius 3 is 2.43 bits per heavy atom.